The van der Waals surface area contributed by atoms with Crippen LogP contribution in [-0.4, -0.2) is 21.8 Å². The van der Waals surface area contributed by atoms with Crippen molar-refractivity contribution in [2.45, 2.75) is 10.9 Å². The summed E-state index contributed by atoms with van der Waals surface area (Å²) in [5, 5.41) is 0.854. The van der Waals surface area contributed by atoms with Crippen molar-refractivity contribution in [2.75, 3.05) is 0 Å². The fraction of sp³-hybridized carbons (Fsp3) is 0.0455. The van der Waals surface area contributed by atoms with Crippen LogP contribution in [-0.2, 0) is 5.75 Å². The van der Waals surface area contributed by atoms with Gasteiger partial charge in [0.1, 0.15) is 0 Å². The molecule has 1 aromatic heterocycles. The van der Waals surface area contributed by atoms with Crippen LogP contribution in [0.1, 0.15) is 26.3 Å². The highest BCUT2D eigenvalue weighted by Crippen LogP contribution is 2.23. The van der Waals surface area contributed by atoms with Crippen molar-refractivity contribution >= 4 is 50.5 Å². The molecule has 8 heteroatoms. The van der Waals surface area contributed by atoms with Gasteiger partial charge < -0.3 is 4.98 Å². The Balaban J connectivity index is 1.32. The van der Waals surface area contributed by atoms with Crippen LogP contribution in [0.5, 0.6) is 0 Å². The van der Waals surface area contributed by atoms with Crippen molar-refractivity contribution in [2.24, 2.45) is 0 Å². The Bertz CT molecular complexity index is 1170. The molecule has 3 aromatic carbocycles. The number of aromatic amines is 1. The monoisotopic (exact) mass is 480 g/mol. The zero-order valence-electron chi connectivity index (χ0n) is 15.7. The van der Waals surface area contributed by atoms with Crippen LogP contribution in [0, 0.1) is 0 Å². The predicted octanol–water partition coefficient (Wildman–Crippen LogP) is 4.69. The third-order valence-corrected chi connectivity index (χ3v) is 6.00. The van der Waals surface area contributed by atoms with Crippen LogP contribution in [0.3, 0.4) is 0 Å². The average molecular weight is 481 g/mol. The number of hydrogen-bond donors (Lipinski definition) is 3. The number of carbonyl (C=O) groups is 2. The van der Waals surface area contributed by atoms with E-state index in [2.05, 4.69) is 36.7 Å². The molecular formula is C22H17BrN4O2S. The number of nitrogens with one attached hydrogen (secondary N) is 3. The summed E-state index contributed by atoms with van der Waals surface area (Å²) in [7, 11) is 0. The molecule has 3 N–H and O–H groups in total. The lowest BCUT2D eigenvalue weighted by molar-refractivity contribution is 0.0846. The molecule has 4 rings (SSSR count). The predicted molar refractivity (Wildman–Crippen MR) is 121 cm³/mol. The first kappa shape index (κ1) is 20.2. The molecule has 0 aliphatic heterocycles. The fourth-order valence-electron chi connectivity index (χ4n) is 2.80. The Kier molecular flexibility index (Phi) is 6.15. The van der Waals surface area contributed by atoms with Gasteiger partial charge in [-0.3, -0.25) is 20.4 Å². The second-order valence-corrected chi connectivity index (χ2v) is 8.25. The maximum Gasteiger partial charge on any atom is 0.270 e. The lowest BCUT2D eigenvalue weighted by Crippen LogP contribution is -2.41. The van der Waals surface area contributed by atoms with E-state index in [1.165, 1.54) is 0 Å². The molecule has 0 saturated carbocycles. The number of hydrogen-bond acceptors (Lipinski definition) is 4. The maximum absolute atomic E-state index is 12.3. The maximum atomic E-state index is 12.3. The number of halogens is 1. The van der Waals surface area contributed by atoms with Crippen LogP contribution in [0.25, 0.3) is 11.0 Å². The standard InChI is InChI=1S/C22H17BrN4O2S/c23-17-6-2-1-5-16(17)21(29)27-26-20(28)15-11-9-14(10-12-15)13-30-22-24-18-7-3-4-8-19(18)25-22/h1-12H,13H2,(H,24,25)(H,26,28)(H,27,29). The van der Waals surface area contributed by atoms with Gasteiger partial charge >= 0.3 is 0 Å². The fourth-order valence-corrected chi connectivity index (χ4v) is 4.11. The summed E-state index contributed by atoms with van der Waals surface area (Å²) < 4.78 is 0.656. The minimum Gasteiger partial charge on any atom is -0.333 e. The van der Waals surface area contributed by atoms with Gasteiger partial charge in [0.15, 0.2) is 5.16 Å². The number of benzene rings is 3. The van der Waals surface area contributed by atoms with Crippen LogP contribution in [0.15, 0.2) is 82.4 Å². The van der Waals surface area contributed by atoms with E-state index in [4.69, 9.17) is 0 Å². The molecule has 1 heterocycles. The van der Waals surface area contributed by atoms with E-state index in [0.717, 1.165) is 27.5 Å². The third kappa shape index (κ3) is 4.72. The van der Waals surface area contributed by atoms with Gasteiger partial charge in [0.2, 0.25) is 0 Å². The molecule has 0 atom stereocenters. The van der Waals surface area contributed by atoms with Gasteiger partial charge in [-0.1, -0.05) is 48.2 Å². The number of rotatable bonds is 5. The molecule has 0 fully saturated rings. The number of thioether (sulfide) groups is 1. The second-order valence-electron chi connectivity index (χ2n) is 6.43. The van der Waals surface area contributed by atoms with Crippen molar-refractivity contribution in [3.8, 4) is 0 Å². The summed E-state index contributed by atoms with van der Waals surface area (Å²) in [5.41, 5.74) is 8.78. The number of carbonyl (C=O) groups excluding carboxylic acids is 2. The number of para-hydroxylation sites is 2. The van der Waals surface area contributed by atoms with Gasteiger partial charge in [0, 0.05) is 15.8 Å². The highest BCUT2D eigenvalue weighted by molar-refractivity contribution is 9.10. The number of nitrogens with zero attached hydrogens (tertiary/aromatic N) is 1. The lowest BCUT2D eigenvalue weighted by Gasteiger charge is -2.09. The quantitative estimate of drug-likeness (QED) is 0.285. The van der Waals surface area contributed by atoms with E-state index in [1.54, 1.807) is 42.1 Å². The van der Waals surface area contributed by atoms with Crippen LogP contribution in [0.2, 0.25) is 0 Å². The number of imidazole rings is 1. The van der Waals surface area contributed by atoms with Crippen molar-refractivity contribution in [3.05, 3.63) is 94.0 Å². The topological polar surface area (TPSA) is 86.9 Å². The van der Waals surface area contributed by atoms with E-state index in [1.807, 2.05) is 42.5 Å². The Hall–Kier alpha value is -3.10. The van der Waals surface area contributed by atoms with Gasteiger partial charge in [0.05, 0.1) is 16.6 Å². The largest absolute Gasteiger partial charge is 0.333 e. The number of H-pyrrole nitrogens is 1. The zero-order chi connectivity index (χ0) is 20.9. The van der Waals surface area contributed by atoms with Gasteiger partial charge in [-0.05, 0) is 57.9 Å². The van der Waals surface area contributed by atoms with E-state index < -0.39 is 5.91 Å². The number of hydrazine groups is 1. The normalized spacial score (nSPS) is 10.7. The van der Waals surface area contributed by atoms with Gasteiger partial charge in [-0.15, -0.1) is 0 Å². The Morgan fingerprint density at radius 2 is 1.60 bits per heavy atom. The van der Waals surface area contributed by atoms with E-state index in [0.29, 0.717) is 15.6 Å². The Morgan fingerprint density at radius 1 is 0.900 bits per heavy atom. The molecule has 0 saturated heterocycles. The molecule has 0 spiro atoms. The Morgan fingerprint density at radius 3 is 2.37 bits per heavy atom. The lowest BCUT2D eigenvalue weighted by atomic mass is 10.1. The minimum absolute atomic E-state index is 0.383. The zero-order valence-corrected chi connectivity index (χ0v) is 18.1. The molecule has 0 unspecified atom stereocenters. The molecular weight excluding hydrogens is 464 g/mol. The summed E-state index contributed by atoms with van der Waals surface area (Å²) >= 11 is 4.91. The highest BCUT2D eigenvalue weighted by atomic mass is 79.9. The first-order valence-corrected chi connectivity index (χ1v) is 10.9. The van der Waals surface area contributed by atoms with Crippen molar-refractivity contribution in [1.29, 1.82) is 0 Å². The van der Waals surface area contributed by atoms with Gasteiger partial charge in [-0.2, -0.15) is 0 Å². The van der Waals surface area contributed by atoms with Crippen LogP contribution >= 0.6 is 27.7 Å². The molecule has 2 amide bonds. The molecule has 0 aliphatic rings. The SMILES string of the molecule is O=C(NNC(=O)c1ccccc1Br)c1ccc(CSc2nc3ccccc3[nH]2)cc1. The summed E-state index contributed by atoms with van der Waals surface area (Å²) in [6.45, 7) is 0. The number of aromatic nitrogens is 2. The molecule has 6 nitrogen and oxygen atoms in total. The van der Waals surface area contributed by atoms with Gasteiger partial charge in [0.25, 0.3) is 11.8 Å². The molecule has 0 bridgehead atoms. The smallest absolute Gasteiger partial charge is 0.270 e. The third-order valence-electron chi connectivity index (χ3n) is 4.37. The van der Waals surface area contributed by atoms with Crippen molar-refractivity contribution in [1.82, 2.24) is 20.8 Å². The average Bonchev–Trinajstić information content (AvgIpc) is 3.19. The second kappa shape index (κ2) is 9.15. The van der Waals surface area contributed by atoms with Crippen LogP contribution < -0.4 is 10.9 Å². The molecule has 150 valence electrons. The molecule has 4 aromatic rings. The minimum atomic E-state index is -0.394. The van der Waals surface area contributed by atoms with E-state index in [-0.39, 0.29) is 5.91 Å². The molecule has 0 aliphatic carbocycles. The van der Waals surface area contributed by atoms with Crippen molar-refractivity contribution in [3.63, 3.8) is 0 Å². The van der Waals surface area contributed by atoms with Crippen molar-refractivity contribution < 1.29 is 9.59 Å². The Labute approximate surface area is 185 Å². The highest BCUT2D eigenvalue weighted by Gasteiger charge is 2.11. The number of amides is 2. The van der Waals surface area contributed by atoms with E-state index >= 15 is 0 Å². The first-order valence-electron chi connectivity index (χ1n) is 9.12. The summed E-state index contributed by atoms with van der Waals surface area (Å²) in [4.78, 5) is 32.3. The van der Waals surface area contributed by atoms with Crippen LogP contribution in [0.4, 0.5) is 0 Å². The summed E-state index contributed by atoms with van der Waals surface area (Å²) in [5.74, 6) is -0.0536. The summed E-state index contributed by atoms with van der Waals surface area (Å²) in [6, 6.07) is 22.1. The first-order chi connectivity index (χ1) is 14.6. The summed E-state index contributed by atoms with van der Waals surface area (Å²) in [6.07, 6.45) is 0. The molecule has 0 radical (unpaired) electrons. The van der Waals surface area contributed by atoms with E-state index in [9.17, 15) is 9.59 Å². The number of fused-ring (bicyclic) bond motifs is 1. The molecule has 30 heavy (non-hydrogen) atoms. The van der Waals surface area contributed by atoms with Gasteiger partial charge in [-0.25, -0.2) is 4.98 Å².